The average Bonchev–Trinajstić information content (AvgIpc) is 2.71. The van der Waals surface area contributed by atoms with Crippen LogP contribution in [-0.2, 0) is 28.3 Å². The van der Waals surface area contributed by atoms with Crippen molar-refractivity contribution in [2.45, 2.75) is 29.4 Å². The first kappa shape index (κ1) is 24.5. The van der Waals surface area contributed by atoms with E-state index in [4.69, 9.17) is 26.1 Å². The number of ether oxygens (including phenoxy) is 1. The number of aliphatic hydroxyl groups is 1. The maximum absolute atomic E-state index is 15.6. The number of aromatic amines is 1. The molecule has 0 radical (unpaired) electrons. The van der Waals surface area contributed by atoms with E-state index in [9.17, 15) is 28.7 Å². The van der Waals surface area contributed by atoms with E-state index in [0.717, 1.165) is 29.7 Å². The van der Waals surface area contributed by atoms with Gasteiger partial charge in [-0.05, 0) is 0 Å². The summed E-state index contributed by atoms with van der Waals surface area (Å²) >= 11 is 5.66. The molecule has 2 rings (SSSR count). The van der Waals surface area contributed by atoms with E-state index >= 15 is 4.39 Å². The Labute approximate surface area is 169 Å². The zero-order valence-corrected chi connectivity index (χ0v) is 17.7. The van der Waals surface area contributed by atoms with Crippen LogP contribution in [0, 0.1) is 0 Å². The summed E-state index contributed by atoms with van der Waals surface area (Å²) < 4.78 is 52.2. The first-order valence-corrected chi connectivity index (χ1v) is 11.1. The Kier molecular flexibility index (Phi) is 6.30. The summed E-state index contributed by atoms with van der Waals surface area (Å²) in [7, 11) is -8.11. The van der Waals surface area contributed by atoms with Gasteiger partial charge in [-0.1, -0.05) is 11.6 Å². The Morgan fingerprint density at radius 2 is 1.93 bits per heavy atom. The van der Waals surface area contributed by atoms with Crippen LogP contribution in [0.1, 0.15) is 6.42 Å². The summed E-state index contributed by atoms with van der Waals surface area (Å²) in [5, 5.41) is 7.47. The molecule has 1 fully saturated rings. The molecular formula is C9H15B3ClFN2O11P2. The van der Waals surface area contributed by atoms with Gasteiger partial charge in [0.2, 0.25) is 5.85 Å². The molecule has 20 heteroatoms. The minimum absolute atomic E-state index is 0.469. The molecule has 0 saturated carbocycles. The SMILES string of the molecule is BC(B)(OP(=O)(O)OP(=O)(O)O)[C@]1(F)C[C@@H](O)[C@](B)(n2cc(Cl)c(=O)[nH]c2=O)O1. The highest BCUT2D eigenvalue weighted by molar-refractivity contribution is 7.60. The monoisotopic (exact) mass is 476 g/mol. The number of nitrogens with zero attached hydrogens (tertiary/aromatic N) is 1. The summed E-state index contributed by atoms with van der Waals surface area (Å²) in [6, 6.07) is 0. The molecule has 0 bridgehead atoms. The van der Waals surface area contributed by atoms with Crippen molar-refractivity contribution < 1.29 is 46.9 Å². The Morgan fingerprint density at radius 3 is 2.45 bits per heavy atom. The number of hydrogen-bond donors (Lipinski definition) is 5. The van der Waals surface area contributed by atoms with Crippen molar-refractivity contribution >= 4 is 50.8 Å². The Bertz CT molecular complexity index is 1030. The second kappa shape index (κ2) is 7.45. The minimum Gasteiger partial charge on any atom is -0.389 e. The Hall–Kier alpha value is -0.725. The second-order valence-corrected chi connectivity index (χ2v) is 10.0. The largest absolute Gasteiger partial charge is 0.480 e. The number of phosphoric ester groups is 1. The van der Waals surface area contributed by atoms with Crippen molar-refractivity contribution in [3.05, 3.63) is 32.1 Å². The van der Waals surface area contributed by atoms with Crippen molar-refractivity contribution in [2.24, 2.45) is 0 Å². The Balaban J connectivity index is 2.43. The van der Waals surface area contributed by atoms with Gasteiger partial charge in [0.1, 0.15) is 26.3 Å². The van der Waals surface area contributed by atoms with Crippen LogP contribution in [-0.4, -0.2) is 70.2 Å². The molecule has 2 heterocycles. The van der Waals surface area contributed by atoms with E-state index in [0.29, 0.717) is 4.57 Å². The van der Waals surface area contributed by atoms with Gasteiger partial charge in [-0.25, -0.2) is 18.3 Å². The molecule has 1 aliphatic heterocycles. The highest BCUT2D eigenvalue weighted by Crippen LogP contribution is 2.61. The molecular weight excluding hydrogens is 461 g/mol. The topological polar surface area (TPSA) is 198 Å². The number of halogens is 2. The van der Waals surface area contributed by atoms with Crippen molar-refractivity contribution in [1.82, 2.24) is 9.55 Å². The fourth-order valence-corrected chi connectivity index (χ4v) is 4.81. The van der Waals surface area contributed by atoms with E-state index in [-0.39, 0.29) is 0 Å². The maximum Gasteiger partial charge on any atom is 0.480 e. The molecule has 0 spiro atoms. The first-order chi connectivity index (χ1) is 12.8. The van der Waals surface area contributed by atoms with E-state index in [1.807, 2.05) is 4.98 Å². The van der Waals surface area contributed by atoms with Gasteiger partial charge in [-0.15, -0.1) is 0 Å². The summed E-state index contributed by atoms with van der Waals surface area (Å²) in [5.41, 5.74) is -4.18. The van der Waals surface area contributed by atoms with Crippen LogP contribution in [0.25, 0.3) is 0 Å². The molecule has 0 aliphatic carbocycles. The van der Waals surface area contributed by atoms with Crippen LogP contribution < -0.4 is 11.2 Å². The summed E-state index contributed by atoms with van der Waals surface area (Å²) in [5.74, 6) is -3.07. The third kappa shape index (κ3) is 4.96. The number of H-pyrrole nitrogens is 1. The van der Waals surface area contributed by atoms with E-state index in [1.54, 1.807) is 0 Å². The van der Waals surface area contributed by atoms with E-state index in [1.165, 1.54) is 0 Å². The third-order valence-corrected chi connectivity index (χ3v) is 6.90. The predicted molar refractivity (Wildman–Crippen MR) is 102 cm³/mol. The summed E-state index contributed by atoms with van der Waals surface area (Å²) in [6.45, 7) is 0. The number of rotatable bonds is 6. The summed E-state index contributed by atoms with van der Waals surface area (Å²) in [6.07, 6.45) is -1.86. The normalized spacial score (nSPS) is 30.2. The van der Waals surface area contributed by atoms with Crippen molar-refractivity contribution in [1.29, 1.82) is 0 Å². The zero-order chi connectivity index (χ0) is 22.6. The quantitative estimate of drug-likeness (QED) is 0.198. The molecule has 1 saturated heterocycles. The third-order valence-electron chi connectivity index (χ3n) is 4.27. The standard InChI is InChI=1S/C9H15B3ClFN2O11P2/c10-8(16-2-3(13)5(18)15-6(16)19)4(17)1-7(14,25-8)9(11,12)26-29(23,24)27-28(20,21)22/h2,4,17H,1,10-12H2,(H,23,24)(H,15,18,19)(H2,20,21,22)/t4-,7+,8+/m1/s1. The van der Waals surface area contributed by atoms with Crippen LogP contribution in [0.4, 0.5) is 4.39 Å². The van der Waals surface area contributed by atoms with Gasteiger partial charge in [0, 0.05) is 12.6 Å². The van der Waals surface area contributed by atoms with Crippen LogP contribution in [0.15, 0.2) is 15.8 Å². The van der Waals surface area contributed by atoms with Gasteiger partial charge in [-0.2, -0.15) is 4.31 Å². The molecule has 1 aliphatic rings. The van der Waals surface area contributed by atoms with Gasteiger partial charge in [-0.3, -0.25) is 18.9 Å². The predicted octanol–water partition coefficient (Wildman–Crippen LogP) is -3.97. The molecule has 160 valence electrons. The summed E-state index contributed by atoms with van der Waals surface area (Å²) in [4.78, 5) is 52.2. The Morgan fingerprint density at radius 1 is 1.38 bits per heavy atom. The average molecular weight is 476 g/mol. The van der Waals surface area contributed by atoms with E-state index in [2.05, 4.69) is 8.83 Å². The van der Waals surface area contributed by atoms with Gasteiger partial charge in [0.05, 0.1) is 11.5 Å². The molecule has 29 heavy (non-hydrogen) atoms. The maximum atomic E-state index is 15.6. The fraction of sp³-hybridized carbons (Fsp3) is 0.556. The van der Waals surface area contributed by atoms with Gasteiger partial charge in [0.25, 0.3) is 5.56 Å². The number of phosphoric acid groups is 2. The van der Waals surface area contributed by atoms with Crippen molar-refractivity contribution in [3.8, 4) is 0 Å². The lowest BCUT2D eigenvalue weighted by Gasteiger charge is -2.39. The molecule has 1 unspecified atom stereocenters. The number of nitrogens with one attached hydrogen (secondary N) is 1. The molecule has 0 amide bonds. The highest BCUT2D eigenvalue weighted by atomic mass is 35.5. The molecule has 13 nitrogen and oxygen atoms in total. The molecule has 1 aromatic heterocycles. The van der Waals surface area contributed by atoms with Crippen LogP contribution in [0.2, 0.25) is 5.02 Å². The fourth-order valence-electron chi connectivity index (χ4n) is 2.74. The lowest BCUT2D eigenvalue weighted by atomic mass is 9.60. The van der Waals surface area contributed by atoms with E-state index < -0.39 is 61.3 Å². The highest BCUT2D eigenvalue weighted by Gasteiger charge is 2.63. The van der Waals surface area contributed by atoms with Gasteiger partial charge >= 0.3 is 21.3 Å². The van der Waals surface area contributed by atoms with Crippen LogP contribution in [0.3, 0.4) is 0 Å². The lowest BCUT2D eigenvalue weighted by molar-refractivity contribution is -0.218. The second-order valence-electron chi connectivity index (χ2n) is 6.85. The number of alkyl halides is 1. The molecule has 0 aromatic carbocycles. The molecule has 4 atom stereocenters. The molecule has 1 aromatic rings. The van der Waals surface area contributed by atoms with Crippen LogP contribution >= 0.6 is 27.2 Å². The van der Waals surface area contributed by atoms with Crippen molar-refractivity contribution in [2.75, 3.05) is 0 Å². The minimum atomic E-state index is -5.49. The number of aliphatic hydroxyl groups excluding tert-OH is 1. The van der Waals surface area contributed by atoms with Gasteiger partial charge in [0.15, 0.2) is 7.85 Å². The zero-order valence-electron chi connectivity index (χ0n) is 15.1. The molecule has 5 N–H and O–H groups in total. The smallest absolute Gasteiger partial charge is 0.389 e. The number of hydrogen-bond acceptors (Lipinski definition) is 8. The lowest BCUT2D eigenvalue weighted by Crippen LogP contribution is -2.56. The first-order valence-electron chi connectivity index (χ1n) is 7.71. The van der Waals surface area contributed by atoms with Crippen molar-refractivity contribution in [3.63, 3.8) is 0 Å². The van der Waals surface area contributed by atoms with Crippen LogP contribution in [0.5, 0.6) is 0 Å². The van der Waals surface area contributed by atoms with Gasteiger partial charge < -0.3 is 24.5 Å². The number of aromatic nitrogens is 2.